The van der Waals surface area contributed by atoms with Gasteiger partial charge in [0.05, 0.1) is 10.6 Å². The molecule has 0 saturated carbocycles. The predicted octanol–water partition coefficient (Wildman–Crippen LogP) is 5.65. The number of para-hydroxylation sites is 1. The molecule has 28 heavy (non-hydrogen) atoms. The smallest absolute Gasteiger partial charge is 0.339 e. The second-order valence-corrected chi connectivity index (χ2v) is 6.34. The highest BCUT2D eigenvalue weighted by molar-refractivity contribution is 9.10. The Morgan fingerprint density at radius 1 is 1.04 bits per heavy atom. The van der Waals surface area contributed by atoms with Crippen molar-refractivity contribution in [2.45, 2.75) is 6.18 Å². The molecule has 144 valence electrons. The van der Waals surface area contributed by atoms with Crippen LogP contribution in [0.25, 0.3) is 0 Å². The highest BCUT2D eigenvalue weighted by atomic mass is 79.9. The van der Waals surface area contributed by atoms with Gasteiger partial charge in [-0.25, -0.2) is 4.98 Å². The van der Waals surface area contributed by atoms with Crippen molar-refractivity contribution in [3.63, 3.8) is 0 Å². The average molecular weight is 454 g/mol. The monoisotopic (exact) mass is 453 g/mol. The van der Waals surface area contributed by atoms with E-state index in [1.54, 1.807) is 24.3 Å². The van der Waals surface area contributed by atoms with E-state index in [1.165, 1.54) is 24.3 Å². The molecule has 0 amide bonds. The Morgan fingerprint density at radius 2 is 1.71 bits per heavy atom. The van der Waals surface area contributed by atoms with E-state index < -0.39 is 22.5 Å². The first kappa shape index (κ1) is 19.5. The number of anilines is 4. The number of hydrogen-bond donors (Lipinski definition) is 2. The van der Waals surface area contributed by atoms with Crippen molar-refractivity contribution in [1.82, 2.24) is 9.97 Å². The zero-order valence-corrected chi connectivity index (χ0v) is 15.5. The van der Waals surface area contributed by atoms with E-state index >= 15 is 0 Å². The molecular formula is C17H11BrF3N5O2. The maximum Gasteiger partial charge on any atom is 0.421 e. The van der Waals surface area contributed by atoms with Gasteiger partial charge in [0.25, 0.3) is 5.69 Å². The SMILES string of the molecule is O=[N+]([O-])c1ccc(Nc2ncc(C(F)(F)F)c(Nc3ccccc3Br)n2)cc1. The summed E-state index contributed by atoms with van der Waals surface area (Å²) >= 11 is 3.26. The maximum atomic E-state index is 13.3. The zero-order valence-electron chi connectivity index (χ0n) is 13.9. The molecule has 2 aromatic carbocycles. The third-order valence-electron chi connectivity index (χ3n) is 3.56. The van der Waals surface area contributed by atoms with E-state index in [4.69, 9.17) is 0 Å². The minimum atomic E-state index is -4.66. The zero-order chi connectivity index (χ0) is 20.3. The number of nitrogens with one attached hydrogen (secondary N) is 2. The molecule has 0 fully saturated rings. The van der Waals surface area contributed by atoms with Gasteiger partial charge in [0.1, 0.15) is 11.4 Å². The van der Waals surface area contributed by atoms with Gasteiger partial charge in [-0.05, 0) is 40.2 Å². The Bertz CT molecular complexity index is 1010. The Kier molecular flexibility index (Phi) is 5.45. The fourth-order valence-electron chi connectivity index (χ4n) is 2.23. The van der Waals surface area contributed by atoms with Crippen molar-refractivity contribution in [1.29, 1.82) is 0 Å². The molecule has 0 aliphatic heterocycles. The van der Waals surface area contributed by atoms with Crippen LogP contribution >= 0.6 is 15.9 Å². The molecule has 1 heterocycles. The molecule has 0 saturated heterocycles. The number of nitrogens with zero attached hydrogens (tertiary/aromatic N) is 3. The quantitative estimate of drug-likeness (QED) is 0.382. The molecule has 1 aromatic heterocycles. The standard InChI is InChI=1S/C17H11BrF3N5O2/c18-13-3-1-2-4-14(13)24-15-12(17(19,20)21)9-22-16(25-15)23-10-5-7-11(8-6-10)26(27)28/h1-9H,(H2,22,23,24,25). The summed E-state index contributed by atoms with van der Waals surface area (Å²) in [6.45, 7) is 0. The largest absolute Gasteiger partial charge is 0.421 e. The summed E-state index contributed by atoms with van der Waals surface area (Å²) in [5.41, 5.74) is -0.363. The molecule has 11 heteroatoms. The minimum Gasteiger partial charge on any atom is -0.339 e. The van der Waals surface area contributed by atoms with Crippen LogP contribution in [0.15, 0.2) is 59.2 Å². The molecule has 0 aliphatic rings. The molecule has 2 N–H and O–H groups in total. The third kappa shape index (κ3) is 4.55. The van der Waals surface area contributed by atoms with Gasteiger partial charge in [0.15, 0.2) is 0 Å². The lowest BCUT2D eigenvalue weighted by molar-refractivity contribution is -0.384. The first-order valence-corrected chi connectivity index (χ1v) is 8.50. The van der Waals surface area contributed by atoms with Gasteiger partial charge in [-0.3, -0.25) is 10.1 Å². The molecule has 0 bridgehead atoms. The van der Waals surface area contributed by atoms with Gasteiger partial charge in [-0.2, -0.15) is 18.2 Å². The summed E-state index contributed by atoms with van der Waals surface area (Å²) < 4.78 is 40.5. The number of nitro benzene ring substituents is 1. The van der Waals surface area contributed by atoms with Crippen molar-refractivity contribution >= 4 is 44.8 Å². The number of hydrogen-bond acceptors (Lipinski definition) is 6. The second-order valence-electron chi connectivity index (χ2n) is 5.49. The molecule has 0 spiro atoms. The third-order valence-corrected chi connectivity index (χ3v) is 4.25. The van der Waals surface area contributed by atoms with Crippen LogP contribution in [0.1, 0.15) is 5.56 Å². The van der Waals surface area contributed by atoms with Crippen LogP contribution in [0.3, 0.4) is 0 Å². The fraction of sp³-hybridized carbons (Fsp3) is 0.0588. The van der Waals surface area contributed by atoms with Crippen LogP contribution in [0.4, 0.5) is 42.0 Å². The fourth-order valence-corrected chi connectivity index (χ4v) is 2.61. The van der Waals surface area contributed by atoms with E-state index in [0.29, 0.717) is 22.0 Å². The molecule has 7 nitrogen and oxygen atoms in total. The lowest BCUT2D eigenvalue weighted by atomic mass is 10.2. The number of nitro groups is 1. The molecule has 0 aliphatic carbocycles. The number of benzene rings is 2. The molecule has 0 radical (unpaired) electrons. The van der Waals surface area contributed by atoms with Crippen LogP contribution in [0.5, 0.6) is 0 Å². The Labute approximate surface area is 164 Å². The Morgan fingerprint density at radius 3 is 2.32 bits per heavy atom. The summed E-state index contributed by atoms with van der Waals surface area (Å²) in [4.78, 5) is 17.7. The number of halogens is 4. The van der Waals surface area contributed by atoms with Crippen LogP contribution in [0.2, 0.25) is 0 Å². The van der Waals surface area contributed by atoms with Crippen molar-refractivity contribution in [3.8, 4) is 0 Å². The summed E-state index contributed by atoms with van der Waals surface area (Å²) in [6.07, 6.45) is -3.99. The lowest BCUT2D eigenvalue weighted by Crippen LogP contribution is -2.12. The number of alkyl halides is 3. The molecule has 0 unspecified atom stereocenters. The second kappa shape index (κ2) is 7.80. The van der Waals surface area contributed by atoms with E-state index in [9.17, 15) is 23.3 Å². The van der Waals surface area contributed by atoms with E-state index in [-0.39, 0.29) is 11.6 Å². The highest BCUT2D eigenvalue weighted by Crippen LogP contribution is 2.36. The summed E-state index contributed by atoms with van der Waals surface area (Å²) in [6, 6.07) is 12.0. The highest BCUT2D eigenvalue weighted by Gasteiger charge is 2.35. The van der Waals surface area contributed by atoms with Gasteiger partial charge < -0.3 is 10.6 Å². The van der Waals surface area contributed by atoms with Crippen molar-refractivity contribution < 1.29 is 18.1 Å². The van der Waals surface area contributed by atoms with E-state index in [2.05, 4.69) is 36.5 Å². The number of non-ortho nitro benzene ring substituents is 1. The molecular weight excluding hydrogens is 443 g/mol. The molecule has 0 atom stereocenters. The first-order chi connectivity index (χ1) is 13.2. The predicted molar refractivity (Wildman–Crippen MR) is 101 cm³/mol. The van der Waals surface area contributed by atoms with Gasteiger partial charge in [0, 0.05) is 28.5 Å². The number of aromatic nitrogens is 2. The summed E-state index contributed by atoms with van der Waals surface area (Å²) in [5.74, 6) is -0.532. The maximum absolute atomic E-state index is 13.3. The van der Waals surface area contributed by atoms with Gasteiger partial charge in [-0.1, -0.05) is 12.1 Å². The van der Waals surface area contributed by atoms with Gasteiger partial charge in [0.2, 0.25) is 5.95 Å². The van der Waals surface area contributed by atoms with E-state index in [0.717, 1.165) is 0 Å². The van der Waals surface area contributed by atoms with Crippen molar-refractivity contribution in [2.75, 3.05) is 10.6 Å². The molecule has 3 rings (SSSR count). The minimum absolute atomic E-state index is 0.101. The summed E-state index contributed by atoms with van der Waals surface area (Å²) in [7, 11) is 0. The molecule has 3 aromatic rings. The van der Waals surface area contributed by atoms with Crippen LogP contribution in [0, 0.1) is 10.1 Å². The van der Waals surface area contributed by atoms with Crippen LogP contribution < -0.4 is 10.6 Å². The topological polar surface area (TPSA) is 93.0 Å². The van der Waals surface area contributed by atoms with Crippen molar-refractivity contribution in [2.24, 2.45) is 0 Å². The Hall–Kier alpha value is -3.21. The Balaban J connectivity index is 1.93. The van der Waals surface area contributed by atoms with Crippen molar-refractivity contribution in [3.05, 3.63) is 74.9 Å². The van der Waals surface area contributed by atoms with Crippen LogP contribution in [-0.4, -0.2) is 14.9 Å². The average Bonchev–Trinajstić information content (AvgIpc) is 2.63. The van der Waals surface area contributed by atoms with Crippen LogP contribution in [-0.2, 0) is 6.18 Å². The first-order valence-electron chi connectivity index (χ1n) is 7.71. The van der Waals surface area contributed by atoms with E-state index in [1.807, 2.05) is 0 Å². The van der Waals surface area contributed by atoms with Gasteiger partial charge in [-0.15, -0.1) is 0 Å². The summed E-state index contributed by atoms with van der Waals surface area (Å²) in [5, 5.41) is 16.1. The van der Waals surface area contributed by atoms with Gasteiger partial charge >= 0.3 is 6.18 Å². The normalized spacial score (nSPS) is 11.1. The lowest BCUT2D eigenvalue weighted by Gasteiger charge is -2.15. The number of rotatable bonds is 5.